The minimum absolute atomic E-state index is 0.101. The molecule has 1 aliphatic rings. The van der Waals surface area contributed by atoms with Crippen LogP contribution in [0.25, 0.3) is 0 Å². The number of carbonyl (C=O) groups excluding carboxylic acids is 2. The molecule has 178 valence electrons. The molecule has 0 aliphatic heterocycles. The Kier molecular flexibility index (Phi) is 9.36. The molecule has 0 heterocycles. The largest absolute Gasteiger partial charge is 0.483 e. The Balaban J connectivity index is 1.72. The first-order chi connectivity index (χ1) is 15.9. The Hall–Kier alpha value is -2.34. The Morgan fingerprint density at radius 1 is 1.12 bits per heavy atom. The van der Waals surface area contributed by atoms with Crippen LogP contribution >= 0.6 is 15.9 Å². The van der Waals surface area contributed by atoms with Crippen molar-refractivity contribution in [3.05, 3.63) is 63.6 Å². The molecule has 2 aromatic carbocycles. The summed E-state index contributed by atoms with van der Waals surface area (Å²) in [5.74, 6) is 0.306. The Morgan fingerprint density at radius 2 is 1.88 bits per heavy atom. The smallest absolute Gasteiger partial charge is 0.261 e. The predicted octanol–water partition coefficient (Wildman–Crippen LogP) is 5.56. The van der Waals surface area contributed by atoms with E-state index in [4.69, 9.17) is 4.74 Å². The molecule has 0 radical (unpaired) electrons. The van der Waals surface area contributed by atoms with Gasteiger partial charge in [-0.1, -0.05) is 62.1 Å². The molecule has 5 nitrogen and oxygen atoms in total. The van der Waals surface area contributed by atoms with E-state index in [-0.39, 0.29) is 24.5 Å². The fourth-order valence-corrected chi connectivity index (χ4v) is 4.80. The molecule has 6 heteroatoms. The van der Waals surface area contributed by atoms with Crippen LogP contribution in [0.4, 0.5) is 0 Å². The zero-order valence-corrected chi connectivity index (χ0v) is 21.5. The molecule has 2 amide bonds. The normalized spacial score (nSPS) is 15.0. The SMILES string of the molecule is CCc1ccc(OCC(=O)N(Cc2cccc(C)c2)C(C)C(=O)NC2CCCCC2)c(Br)c1. The lowest BCUT2D eigenvalue weighted by Gasteiger charge is -2.31. The summed E-state index contributed by atoms with van der Waals surface area (Å²) in [6.07, 6.45) is 6.46. The fourth-order valence-electron chi connectivity index (χ4n) is 4.26. The zero-order chi connectivity index (χ0) is 23.8. The van der Waals surface area contributed by atoms with Gasteiger partial charge >= 0.3 is 0 Å². The highest BCUT2D eigenvalue weighted by Crippen LogP contribution is 2.26. The van der Waals surface area contributed by atoms with Gasteiger partial charge < -0.3 is 15.0 Å². The molecule has 1 fully saturated rings. The topological polar surface area (TPSA) is 58.6 Å². The van der Waals surface area contributed by atoms with Gasteiger partial charge in [0.05, 0.1) is 4.47 Å². The van der Waals surface area contributed by atoms with Gasteiger partial charge in [0.2, 0.25) is 5.91 Å². The highest BCUT2D eigenvalue weighted by Gasteiger charge is 2.28. The lowest BCUT2D eigenvalue weighted by atomic mass is 9.95. The number of halogens is 1. The van der Waals surface area contributed by atoms with Crippen molar-refractivity contribution in [2.75, 3.05) is 6.61 Å². The van der Waals surface area contributed by atoms with E-state index in [0.29, 0.717) is 12.3 Å². The quantitative estimate of drug-likeness (QED) is 0.476. The van der Waals surface area contributed by atoms with Crippen molar-refractivity contribution in [1.82, 2.24) is 10.2 Å². The van der Waals surface area contributed by atoms with E-state index < -0.39 is 6.04 Å². The number of carbonyl (C=O) groups is 2. The Morgan fingerprint density at radius 3 is 2.55 bits per heavy atom. The van der Waals surface area contributed by atoms with Gasteiger partial charge in [0.25, 0.3) is 5.91 Å². The van der Waals surface area contributed by atoms with Crippen molar-refractivity contribution in [2.45, 2.75) is 77.9 Å². The molecule has 33 heavy (non-hydrogen) atoms. The first-order valence-electron chi connectivity index (χ1n) is 11.9. The lowest BCUT2D eigenvalue weighted by molar-refractivity contribution is -0.142. The Bertz CT molecular complexity index is 956. The molecule has 0 saturated heterocycles. The summed E-state index contributed by atoms with van der Waals surface area (Å²) in [5.41, 5.74) is 3.30. The van der Waals surface area contributed by atoms with E-state index in [9.17, 15) is 9.59 Å². The second-order valence-corrected chi connectivity index (χ2v) is 9.79. The summed E-state index contributed by atoms with van der Waals surface area (Å²) >= 11 is 3.53. The van der Waals surface area contributed by atoms with Gasteiger partial charge in [-0.05, 0) is 72.3 Å². The third kappa shape index (κ3) is 7.32. The summed E-state index contributed by atoms with van der Waals surface area (Å²) in [6, 6.07) is 13.5. The average Bonchev–Trinajstić information content (AvgIpc) is 2.81. The van der Waals surface area contributed by atoms with Crippen molar-refractivity contribution >= 4 is 27.7 Å². The molecule has 1 saturated carbocycles. The van der Waals surface area contributed by atoms with Crippen LogP contribution in [-0.4, -0.2) is 35.4 Å². The van der Waals surface area contributed by atoms with Gasteiger partial charge in [0.15, 0.2) is 6.61 Å². The first-order valence-corrected chi connectivity index (χ1v) is 12.7. The second-order valence-electron chi connectivity index (χ2n) is 8.94. The molecule has 0 aromatic heterocycles. The fraction of sp³-hybridized carbons (Fsp3) is 0.481. The number of ether oxygens (including phenoxy) is 1. The van der Waals surface area contributed by atoms with Crippen molar-refractivity contribution in [1.29, 1.82) is 0 Å². The molecular formula is C27H35BrN2O3. The summed E-state index contributed by atoms with van der Waals surface area (Å²) in [6.45, 7) is 6.15. The number of nitrogens with zero attached hydrogens (tertiary/aromatic N) is 1. The first kappa shape index (κ1) is 25.3. The highest BCUT2D eigenvalue weighted by molar-refractivity contribution is 9.10. The van der Waals surface area contributed by atoms with Crippen LogP contribution < -0.4 is 10.1 Å². The number of hydrogen-bond acceptors (Lipinski definition) is 3. The summed E-state index contributed by atoms with van der Waals surface area (Å²) < 4.78 is 6.67. The van der Waals surface area contributed by atoms with Gasteiger partial charge in [-0.2, -0.15) is 0 Å². The van der Waals surface area contributed by atoms with E-state index in [2.05, 4.69) is 28.2 Å². The molecule has 1 atom stereocenters. The molecule has 0 spiro atoms. The maximum atomic E-state index is 13.3. The van der Waals surface area contributed by atoms with Crippen LogP contribution in [0.2, 0.25) is 0 Å². The molecule has 2 aromatic rings. The van der Waals surface area contributed by atoms with Crippen LogP contribution in [0.5, 0.6) is 5.75 Å². The molecular weight excluding hydrogens is 480 g/mol. The molecule has 3 rings (SSSR count). The maximum Gasteiger partial charge on any atom is 0.261 e. The lowest BCUT2D eigenvalue weighted by Crippen LogP contribution is -2.51. The van der Waals surface area contributed by atoms with Crippen molar-refractivity contribution in [3.63, 3.8) is 0 Å². The van der Waals surface area contributed by atoms with E-state index in [1.54, 1.807) is 11.8 Å². The van der Waals surface area contributed by atoms with Gasteiger partial charge in [-0.25, -0.2) is 0 Å². The number of amides is 2. The minimum atomic E-state index is -0.588. The highest BCUT2D eigenvalue weighted by atomic mass is 79.9. The number of aryl methyl sites for hydroxylation is 2. The number of hydrogen-bond donors (Lipinski definition) is 1. The van der Waals surface area contributed by atoms with Crippen LogP contribution in [0.15, 0.2) is 46.9 Å². The minimum Gasteiger partial charge on any atom is -0.483 e. The van der Waals surface area contributed by atoms with Crippen LogP contribution in [0, 0.1) is 6.92 Å². The van der Waals surface area contributed by atoms with Crippen molar-refractivity contribution in [3.8, 4) is 5.75 Å². The predicted molar refractivity (Wildman–Crippen MR) is 135 cm³/mol. The summed E-state index contributed by atoms with van der Waals surface area (Å²) in [7, 11) is 0. The monoisotopic (exact) mass is 514 g/mol. The third-order valence-corrected chi connectivity index (χ3v) is 6.93. The van der Waals surface area contributed by atoms with Crippen LogP contribution in [0.3, 0.4) is 0 Å². The standard InChI is InChI=1S/C27H35BrN2O3/c1-4-21-13-14-25(24(28)16-21)33-18-26(31)30(17-22-10-8-9-19(2)15-22)20(3)27(32)29-23-11-6-5-7-12-23/h8-10,13-16,20,23H,4-7,11-12,17-18H2,1-3H3,(H,29,32). The van der Waals surface area contributed by atoms with Crippen LogP contribution in [0.1, 0.15) is 62.6 Å². The third-order valence-electron chi connectivity index (χ3n) is 6.31. The Labute approximate surface area is 206 Å². The van der Waals surface area contributed by atoms with E-state index in [1.165, 1.54) is 12.0 Å². The second kappa shape index (κ2) is 12.2. The zero-order valence-electron chi connectivity index (χ0n) is 19.9. The summed E-state index contributed by atoms with van der Waals surface area (Å²) in [4.78, 5) is 28.0. The van der Waals surface area contributed by atoms with Crippen molar-refractivity contribution < 1.29 is 14.3 Å². The van der Waals surface area contributed by atoms with E-state index in [0.717, 1.165) is 47.7 Å². The number of benzene rings is 2. The molecule has 1 aliphatic carbocycles. The number of rotatable bonds is 9. The summed E-state index contributed by atoms with van der Waals surface area (Å²) in [5, 5.41) is 3.17. The molecule has 1 N–H and O–H groups in total. The molecule has 1 unspecified atom stereocenters. The van der Waals surface area contributed by atoms with Gasteiger partial charge in [-0.3, -0.25) is 9.59 Å². The van der Waals surface area contributed by atoms with E-state index >= 15 is 0 Å². The van der Waals surface area contributed by atoms with Gasteiger partial charge in [0, 0.05) is 12.6 Å². The van der Waals surface area contributed by atoms with Gasteiger partial charge in [-0.15, -0.1) is 0 Å². The van der Waals surface area contributed by atoms with Gasteiger partial charge in [0.1, 0.15) is 11.8 Å². The van der Waals surface area contributed by atoms with Crippen molar-refractivity contribution in [2.24, 2.45) is 0 Å². The van der Waals surface area contributed by atoms with E-state index in [1.807, 2.05) is 49.4 Å². The van der Waals surface area contributed by atoms with Crippen LogP contribution in [-0.2, 0) is 22.6 Å². The maximum absolute atomic E-state index is 13.3. The average molecular weight is 515 g/mol. The number of nitrogens with one attached hydrogen (secondary N) is 1. The molecule has 0 bridgehead atoms.